The van der Waals surface area contributed by atoms with Crippen molar-refractivity contribution in [1.29, 1.82) is 0 Å². The molecule has 1 atom stereocenters. The van der Waals surface area contributed by atoms with Gasteiger partial charge in [-0.05, 0) is 23.5 Å². The molecule has 0 radical (unpaired) electrons. The van der Waals surface area contributed by atoms with E-state index in [1.165, 1.54) is 11.1 Å². The molecule has 0 nitrogen and oxygen atoms in total. The van der Waals surface area contributed by atoms with E-state index in [1.54, 1.807) is 0 Å². The first-order valence-corrected chi connectivity index (χ1v) is 5.58. The number of rotatable bonds is 1. The Bertz CT molecular complexity index is 281. The summed E-state index contributed by atoms with van der Waals surface area (Å²) in [5, 5.41) is 0. The van der Waals surface area contributed by atoms with Gasteiger partial charge in [-0.15, -0.1) is 0 Å². The first-order chi connectivity index (χ1) is 5.93. The number of halogens is 1. The van der Waals surface area contributed by atoms with Crippen molar-refractivity contribution in [2.24, 2.45) is 0 Å². The van der Waals surface area contributed by atoms with Crippen molar-refractivity contribution in [3.63, 3.8) is 0 Å². The highest BCUT2D eigenvalue weighted by molar-refractivity contribution is 9.09. The third-order valence-corrected chi connectivity index (χ3v) is 2.69. The molecular weight excluding hydrogens is 224 g/mol. The molecule has 0 saturated heterocycles. The molecule has 0 aromatic heterocycles. The molecule has 13 heavy (non-hydrogen) atoms. The molecule has 1 aromatic carbocycles. The van der Waals surface area contributed by atoms with E-state index in [0.29, 0.717) is 4.83 Å². The van der Waals surface area contributed by atoms with E-state index in [9.17, 15) is 0 Å². The lowest BCUT2D eigenvalue weighted by atomic mass is 9.83. The van der Waals surface area contributed by atoms with E-state index in [4.69, 9.17) is 0 Å². The predicted octanol–water partition coefficient (Wildman–Crippen LogP) is 4.44. The lowest BCUT2D eigenvalue weighted by molar-refractivity contribution is 0.583. The number of alkyl halides is 1. The van der Waals surface area contributed by atoms with Crippen molar-refractivity contribution >= 4 is 15.9 Å². The van der Waals surface area contributed by atoms with E-state index < -0.39 is 0 Å². The van der Waals surface area contributed by atoms with Crippen LogP contribution in [-0.2, 0) is 5.41 Å². The quantitative estimate of drug-likeness (QED) is 0.637. The molecule has 1 aromatic rings. The van der Waals surface area contributed by atoms with Gasteiger partial charge in [0, 0.05) is 4.83 Å². The van der Waals surface area contributed by atoms with Crippen LogP contribution in [0.2, 0.25) is 0 Å². The second-order valence-corrected chi connectivity index (χ2v) is 5.83. The Morgan fingerprint density at radius 3 is 2.08 bits per heavy atom. The van der Waals surface area contributed by atoms with Crippen LogP contribution in [0.4, 0.5) is 0 Å². The van der Waals surface area contributed by atoms with Gasteiger partial charge < -0.3 is 0 Å². The van der Waals surface area contributed by atoms with Crippen molar-refractivity contribution in [3.05, 3.63) is 35.4 Å². The van der Waals surface area contributed by atoms with Crippen molar-refractivity contribution < 1.29 is 0 Å². The summed E-state index contributed by atoms with van der Waals surface area (Å²) >= 11 is 3.63. The van der Waals surface area contributed by atoms with E-state index in [-0.39, 0.29) is 5.41 Å². The van der Waals surface area contributed by atoms with Gasteiger partial charge in [-0.2, -0.15) is 0 Å². The van der Waals surface area contributed by atoms with Crippen LogP contribution >= 0.6 is 15.9 Å². The first kappa shape index (κ1) is 10.8. The molecule has 0 amide bonds. The summed E-state index contributed by atoms with van der Waals surface area (Å²) in [7, 11) is 0. The van der Waals surface area contributed by atoms with Crippen molar-refractivity contribution in [1.82, 2.24) is 0 Å². The van der Waals surface area contributed by atoms with Gasteiger partial charge in [-0.3, -0.25) is 0 Å². The Morgan fingerprint density at radius 1 is 1.15 bits per heavy atom. The topological polar surface area (TPSA) is 0 Å². The standard InChI is InChI=1S/C12H17Br/c1-9(13)10-7-5-6-8-11(10)12(2,3)4/h5-9H,1-4H3. The summed E-state index contributed by atoms with van der Waals surface area (Å²) in [4.78, 5) is 0.433. The largest absolute Gasteiger partial charge is 0.0842 e. The molecule has 1 unspecified atom stereocenters. The van der Waals surface area contributed by atoms with Gasteiger partial charge in [0.25, 0.3) is 0 Å². The lowest BCUT2D eigenvalue weighted by Crippen LogP contribution is -2.14. The maximum atomic E-state index is 3.63. The SMILES string of the molecule is CC(Br)c1ccccc1C(C)(C)C. The highest BCUT2D eigenvalue weighted by Crippen LogP contribution is 2.32. The Kier molecular flexibility index (Phi) is 3.18. The summed E-state index contributed by atoms with van der Waals surface area (Å²) < 4.78 is 0. The summed E-state index contributed by atoms with van der Waals surface area (Å²) in [5.74, 6) is 0. The average Bonchev–Trinajstić information content (AvgIpc) is 2.03. The number of hydrogen-bond donors (Lipinski definition) is 0. The Labute approximate surface area is 89.5 Å². The van der Waals surface area contributed by atoms with Crippen molar-refractivity contribution in [2.75, 3.05) is 0 Å². The molecule has 1 heteroatoms. The van der Waals surface area contributed by atoms with E-state index in [1.807, 2.05) is 0 Å². The Hall–Kier alpha value is -0.300. The first-order valence-electron chi connectivity index (χ1n) is 4.66. The molecule has 0 spiro atoms. The second-order valence-electron chi connectivity index (χ2n) is 4.45. The van der Waals surface area contributed by atoms with Crippen LogP contribution in [-0.4, -0.2) is 0 Å². The lowest BCUT2D eigenvalue weighted by Gasteiger charge is -2.23. The van der Waals surface area contributed by atoms with Gasteiger partial charge in [-0.25, -0.2) is 0 Å². The molecule has 1 rings (SSSR count). The molecule has 0 heterocycles. The van der Waals surface area contributed by atoms with Gasteiger partial charge in [-0.1, -0.05) is 61.0 Å². The maximum absolute atomic E-state index is 3.63. The van der Waals surface area contributed by atoms with Crippen LogP contribution in [0, 0.1) is 0 Å². The van der Waals surface area contributed by atoms with Crippen molar-refractivity contribution in [3.8, 4) is 0 Å². The van der Waals surface area contributed by atoms with Crippen LogP contribution < -0.4 is 0 Å². The zero-order valence-electron chi connectivity index (χ0n) is 8.76. The molecule has 0 aliphatic rings. The monoisotopic (exact) mass is 240 g/mol. The molecule has 72 valence electrons. The molecule has 0 bridgehead atoms. The summed E-state index contributed by atoms with van der Waals surface area (Å²) in [6, 6.07) is 8.62. The predicted molar refractivity (Wildman–Crippen MR) is 62.5 cm³/mol. The number of benzene rings is 1. The van der Waals surface area contributed by atoms with Crippen LogP contribution in [0.1, 0.15) is 43.6 Å². The van der Waals surface area contributed by atoms with E-state index in [0.717, 1.165) is 0 Å². The fourth-order valence-corrected chi connectivity index (χ4v) is 1.93. The highest BCUT2D eigenvalue weighted by Gasteiger charge is 2.18. The molecule has 0 fully saturated rings. The van der Waals surface area contributed by atoms with Gasteiger partial charge in [0.15, 0.2) is 0 Å². The van der Waals surface area contributed by atoms with Gasteiger partial charge >= 0.3 is 0 Å². The third kappa shape index (κ3) is 2.57. The van der Waals surface area contributed by atoms with Crippen LogP contribution in [0.3, 0.4) is 0 Å². The van der Waals surface area contributed by atoms with Gasteiger partial charge in [0.05, 0.1) is 0 Å². The number of hydrogen-bond acceptors (Lipinski definition) is 0. The third-order valence-electron chi connectivity index (χ3n) is 2.20. The molecule has 0 saturated carbocycles. The van der Waals surface area contributed by atoms with Crippen LogP contribution in [0.25, 0.3) is 0 Å². The normalized spacial score (nSPS) is 14.2. The minimum Gasteiger partial charge on any atom is -0.0842 e. The van der Waals surface area contributed by atoms with Crippen LogP contribution in [0.5, 0.6) is 0 Å². The fourth-order valence-electron chi connectivity index (χ4n) is 1.53. The summed E-state index contributed by atoms with van der Waals surface area (Å²) in [5.41, 5.74) is 3.06. The summed E-state index contributed by atoms with van der Waals surface area (Å²) in [6.45, 7) is 8.92. The Balaban J connectivity index is 3.20. The zero-order valence-corrected chi connectivity index (χ0v) is 10.4. The summed E-state index contributed by atoms with van der Waals surface area (Å²) in [6.07, 6.45) is 0. The zero-order chi connectivity index (χ0) is 10.1. The van der Waals surface area contributed by atoms with Crippen LogP contribution in [0.15, 0.2) is 24.3 Å². The van der Waals surface area contributed by atoms with Gasteiger partial charge in [0.1, 0.15) is 0 Å². The van der Waals surface area contributed by atoms with Gasteiger partial charge in [0.2, 0.25) is 0 Å². The minimum absolute atomic E-state index is 0.235. The molecule has 0 aliphatic heterocycles. The second kappa shape index (κ2) is 3.83. The molecular formula is C12H17Br. The maximum Gasteiger partial charge on any atom is 0.0370 e. The minimum atomic E-state index is 0.235. The smallest absolute Gasteiger partial charge is 0.0370 e. The Morgan fingerprint density at radius 2 is 1.69 bits per heavy atom. The molecule has 0 aliphatic carbocycles. The molecule has 0 N–H and O–H groups in total. The van der Waals surface area contributed by atoms with Crippen molar-refractivity contribution in [2.45, 2.75) is 37.9 Å². The van der Waals surface area contributed by atoms with E-state index in [2.05, 4.69) is 67.9 Å². The fraction of sp³-hybridized carbons (Fsp3) is 0.500. The highest BCUT2D eigenvalue weighted by atomic mass is 79.9. The average molecular weight is 241 g/mol. The van der Waals surface area contributed by atoms with E-state index >= 15 is 0 Å².